The summed E-state index contributed by atoms with van der Waals surface area (Å²) in [5.74, 6) is 0. The molecule has 3 saturated heterocycles. The average Bonchev–Trinajstić information content (AvgIpc) is 0.762. The summed E-state index contributed by atoms with van der Waals surface area (Å²) in [7, 11) is 0. The zero-order valence-electron chi connectivity index (χ0n) is 60.2. The molecule has 16 heteroatoms. The Bertz CT molecular complexity index is 4050. The highest BCUT2D eigenvalue weighted by Gasteiger charge is 2.58. The lowest BCUT2D eigenvalue weighted by molar-refractivity contribution is -0.396. The van der Waals surface area contributed by atoms with Crippen LogP contribution < -0.4 is 0 Å². The van der Waals surface area contributed by atoms with Gasteiger partial charge in [0.05, 0.1) is 92.5 Å². The molecule has 0 saturated carbocycles. The molecular weight excluding hydrogens is 1350 g/mol. The Kier molecular flexibility index (Phi) is 29.7. The maximum absolute atomic E-state index is 8.04. The molecule has 0 N–H and O–H groups in total. The molecule has 16 nitrogen and oxygen atoms in total. The van der Waals surface area contributed by atoms with Crippen LogP contribution >= 0.6 is 0 Å². The summed E-state index contributed by atoms with van der Waals surface area (Å²) < 4.78 is 117. The van der Waals surface area contributed by atoms with E-state index in [-0.39, 0.29) is 92.5 Å². The van der Waals surface area contributed by atoms with E-state index in [4.69, 9.17) is 75.8 Å². The maximum Gasteiger partial charge on any atom is 0.187 e. The van der Waals surface area contributed by atoms with Crippen molar-refractivity contribution in [3.05, 3.63) is 372 Å². The first-order valence-corrected chi connectivity index (χ1v) is 37.0. The summed E-state index contributed by atoms with van der Waals surface area (Å²) in [5, 5.41) is 0. The van der Waals surface area contributed by atoms with E-state index < -0.39 is 92.1 Å². The normalized spacial score (nSPS) is 24.4. The van der Waals surface area contributed by atoms with Gasteiger partial charge in [-0.05, 0) is 55.6 Å². The van der Waals surface area contributed by atoms with Crippen LogP contribution in [0.4, 0.5) is 0 Å². The molecule has 0 aromatic heterocycles. The van der Waals surface area contributed by atoms with Gasteiger partial charge in [-0.15, -0.1) is 6.58 Å². The van der Waals surface area contributed by atoms with Crippen LogP contribution in [0.3, 0.4) is 0 Å². The second-order valence-corrected chi connectivity index (χ2v) is 26.8. The van der Waals surface area contributed by atoms with Gasteiger partial charge in [0.1, 0.15) is 73.2 Å². The van der Waals surface area contributed by atoms with Gasteiger partial charge in [-0.3, -0.25) is 0 Å². The fourth-order valence-corrected chi connectivity index (χ4v) is 13.5. The molecule has 0 unspecified atom stereocenters. The molecule has 13 rings (SSSR count). The first kappa shape index (κ1) is 76.5. The van der Waals surface area contributed by atoms with E-state index in [1.807, 2.05) is 303 Å². The smallest absolute Gasteiger partial charge is 0.187 e. The van der Waals surface area contributed by atoms with Gasteiger partial charge in [0.15, 0.2) is 18.9 Å². The van der Waals surface area contributed by atoms with Gasteiger partial charge in [0, 0.05) is 0 Å². The minimum Gasteiger partial charge on any atom is -0.374 e. The molecular formula is C91H96O16. The highest BCUT2D eigenvalue weighted by atomic mass is 16.8. The zero-order valence-corrected chi connectivity index (χ0v) is 60.2. The molecule has 107 heavy (non-hydrogen) atoms. The van der Waals surface area contributed by atoms with Gasteiger partial charge in [0.2, 0.25) is 0 Å². The largest absolute Gasteiger partial charge is 0.374 e. The van der Waals surface area contributed by atoms with Crippen molar-refractivity contribution in [1.29, 1.82) is 0 Å². The molecule has 10 aromatic carbocycles. The van der Waals surface area contributed by atoms with Crippen molar-refractivity contribution < 1.29 is 75.8 Å². The molecule has 0 radical (unpaired) electrons. The molecule has 0 amide bonds. The monoisotopic (exact) mass is 1440 g/mol. The van der Waals surface area contributed by atoms with Crippen molar-refractivity contribution in [1.82, 2.24) is 0 Å². The standard InChI is InChI=1S/C91H96O16/c1-2-53-95-89-86(100-61-74-47-27-10-28-48-74)84(99-60-73-45-25-9-26-46-73)82(79(103-89)66-94-56-69-37-17-5-18-38-69)106-91-88(102-63-76-51-31-12-32-52-76)85(81(97-58-71-41-21-7-22-42-71)78(105-91)65-93-55-68-35-15-4-16-36-68)107-90-87(101-62-75-49-29-11-30-50-75)83(98-59-72-43-23-8-24-44-72)80(96-57-70-39-19-6-20-40-70)77(104-90)64-92-54-67-33-13-3-14-34-67/h2-52,77-91H,1,53-66H2/t77-,78-,79-,80+,81+,82-,83+,84+,85+,86-,87-,88-,89-,90-,91+/m1/s1. The molecule has 3 heterocycles. The zero-order chi connectivity index (χ0) is 72.7. The molecule has 556 valence electrons. The van der Waals surface area contributed by atoms with Crippen LogP contribution in [0, 0.1) is 0 Å². The lowest BCUT2D eigenvalue weighted by Crippen LogP contribution is -2.68. The minimum absolute atomic E-state index is 0.00784. The van der Waals surface area contributed by atoms with Crippen LogP contribution in [0.2, 0.25) is 0 Å². The second-order valence-electron chi connectivity index (χ2n) is 26.8. The van der Waals surface area contributed by atoms with Crippen LogP contribution in [0.25, 0.3) is 0 Å². The van der Waals surface area contributed by atoms with Crippen LogP contribution in [0.5, 0.6) is 0 Å². The van der Waals surface area contributed by atoms with Crippen molar-refractivity contribution in [3.63, 3.8) is 0 Å². The van der Waals surface area contributed by atoms with Crippen molar-refractivity contribution in [2.75, 3.05) is 26.4 Å². The van der Waals surface area contributed by atoms with E-state index in [2.05, 4.69) is 6.58 Å². The third kappa shape index (κ3) is 22.9. The van der Waals surface area contributed by atoms with Gasteiger partial charge in [0.25, 0.3) is 0 Å². The highest BCUT2D eigenvalue weighted by Crippen LogP contribution is 2.40. The third-order valence-electron chi connectivity index (χ3n) is 18.9. The molecule has 0 aliphatic carbocycles. The Labute approximate surface area is 628 Å². The Hall–Kier alpha value is -8.70. The lowest BCUT2D eigenvalue weighted by Gasteiger charge is -2.52. The minimum atomic E-state index is -1.34. The summed E-state index contributed by atoms with van der Waals surface area (Å²) in [6.07, 6.45) is -13.6. The number of hydrogen-bond acceptors (Lipinski definition) is 16. The van der Waals surface area contributed by atoms with E-state index in [1.165, 1.54) is 0 Å². The molecule has 3 aliphatic heterocycles. The van der Waals surface area contributed by atoms with Gasteiger partial charge < -0.3 is 75.8 Å². The maximum atomic E-state index is 8.04. The molecule has 0 bridgehead atoms. The average molecular weight is 1450 g/mol. The number of hydrogen-bond donors (Lipinski definition) is 0. The van der Waals surface area contributed by atoms with Gasteiger partial charge in [-0.25, -0.2) is 0 Å². The topological polar surface area (TPSA) is 148 Å². The SMILES string of the molecule is C=CCO[C@@H]1O[C@H](COCc2ccccc2)[C@@H](O[C@@H]2O[C@H](COCc3ccccc3)[C@H](OCc3ccccc3)[C@H](O[C@H]3O[C@H](COCc4ccccc4)[C@H](OCc4ccccc4)[C@H](OCc4ccccc4)[C@H]3OCc3ccccc3)[C@H]2OCc2ccccc2)[C@H](OCc2ccccc2)[C@H]1OCc1ccccc1. The fraction of sp³-hybridized carbons (Fsp3) is 0.319. The molecule has 15 atom stereocenters. The highest BCUT2D eigenvalue weighted by molar-refractivity contribution is 5.22. The summed E-state index contributed by atoms with van der Waals surface area (Å²) in [4.78, 5) is 0. The van der Waals surface area contributed by atoms with Crippen molar-refractivity contribution in [3.8, 4) is 0 Å². The van der Waals surface area contributed by atoms with Crippen LogP contribution in [-0.2, 0) is 142 Å². The van der Waals surface area contributed by atoms with Crippen molar-refractivity contribution in [2.24, 2.45) is 0 Å². The first-order chi connectivity index (χ1) is 53.0. The second kappa shape index (κ2) is 41.6. The Morgan fingerprint density at radius 1 is 0.215 bits per heavy atom. The molecule has 3 aliphatic rings. The number of benzene rings is 10. The molecule has 3 fully saturated rings. The van der Waals surface area contributed by atoms with E-state index in [0.717, 1.165) is 55.6 Å². The van der Waals surface area contributed by atoms with Gasteiger partial charge >= 0.3 is 0 Å². The van der Waals surface area contributed by atoms with E-state index in [1.54, 1.807) is 6.08 Å². The lowest BCUT2D eigenvalue weighted by atomic mass is 9.94. The summed E-state index contributed by atoms with van der Waals surface area (Å²) in [5.41, 5.74) is 9.34. The van der Waals surface area contributed by atoms with Crippen LogP contribution in [-0.4, -0.2) is 119 Å². The van der Waals surface area contributed by atoms with Crippen molar-refractivity contribution in [2.45, 2.75) is 158 Å². The third-order valence-corrected chi connectivity index (χ3v) is 18.9. The Morgan fingerprint density at radius 3 is 0.710 bits per heavy atom. The summed E-state index contributed by atoms with van der Waals surface area (Å²) >= 11 is 0. The predicted octanol–water partition coefficient (Wildman–Crippen LogP) is 15.9. The Morgan fingerprint density at radius 2 is 0.421 bits per heavy atom. The fourth-order valence-electron chi connectivity index (χ4n) is 13.5. The quantitative estimate of drug-likeness (QED) is 0.0335. The predicted molar refractivity (Wildman–Crippen MR) is 405 cm³/mol. The van der Waals surface area contributed by atoms with Gasteiger partial charge in [-0.1, -0.05) is 309 Å². The Balaban J connectivity index is 0.958. The van der Waals surface area contributed by atoms with Gasteiger partial charge in [-0.2, -0.15) is 0 Å². The van der Waals surface area contributed by atoms with E-state index in [9.17, 15) is 0 Å². The number of rotatable bonds is 40. The van der Waals surface area contributed by atoms with Crippen molar-refractivity contribution >= 4 is 0 Å². The molecule has 0 spiro atoms. The van der Waals surface area contributed by atoms with E-state index in [0.29, 0.717) is 0 Å². The first-order valence-electron chi connectivity index (χ1n) is 37.0. The number of ether oxygens (including phenoxy) is 16. The summed E-state index contributed by atoms with van der Waals surface area (Å²) in [6.45, 7) is 6.12. The molecule has 10 aromatic rings. The van der Waals surface area contributed by atoms with Crippen LogP contribution in [0.15, 0.2) is 316 Å². The van der Waals surface area contributed by atoms with Crippen LogP contribution in [0.1, 0.15) is 55.6 Å². The summed E-state index contributed by atoms with van der Waals surface area (Å²) in [6, 6.07) is 100. The van der Waals surface area contributed by atoms with E-state index >= 15 is 0 Å².